The van der Waals surface area contributed by atoms with Crippen LogP contribution in [0.1, 0.15) is 38.2 Å². The second-order valence-corrected chi connectivity index (χ2v) is 6.55. The van der Waals surface area contributed by atoms with Gasteiger partial charge >= 0.3 is 0 Å². The van der Waals surface area contributed by atoms with E-state index in [0.29, 0.717) is 6.61 Å². The Hall–Kier alpha value is -1.87. The van der Waals surface area contributed by atoms with Gasteiger partial charge < -0.3 is 14.8 Å². The molecule has 0 aromatic heterocycles. The van der Waals surface area contributed by atoms with Gasteiger partial charge in [0.25, 0.3) is 0 Å². The third kappa shape index (κ3) is 7.27. The summed E-state index contributed by atoms with van der Waals surface area (Å²) in [6, 6.07) is 13.7. The molecule has 0 unspecified atom stereocenters. The Morgan fingerprint density at radius 1 is 0.920 bits per heavy atom. The number of ether oxygens (including phenoxy) is 2. The quantitative estimate of drug-likeness (QED) is 0.490. The second kappa shape index (κ2) is 10.9. The van der Waals surface area contributed by atoms with Crippen LogP contribution in [0.3, 0.4) is 0 Å². The molecule has 0 aliphatic carbocycles. The van der Waals surface area contributed by atoms with E-state index in [0.717, 1.165) is 47.3 Å². The normalized spacial score (nSPS) is 10.5. The van der Waals surface area contributed by atoms with E-state index in [4.69, 9.17) is 21.1 Å². The first-order chi connectivity index (χ1) is 12.2. The van der Waals surface area contributed by atoms with Gasteiger partial charge in [0.2, 0.25) is 0 Å². The molecule has 0 saturated heterocycles. The summed E-state index contributed by atoms with van der Waals surface area (Å²) < 4.78 is 11.5. The standard InChI is InChI=1S/C21H28ClNO2/c1-3-4-5-6-14-24-20-10-8-19(9-11-20)23-13-15-25-21-12-7-18(22)16-17(21)2/h7-12,16,23H,3-6,13-15H2,1-2H3. The van der Waals surface area contributed by atoms with E-state index in [1.54, 1.807) is 0 Å². The summed E-state index contributed by atoms with van der Waals surface area (Å²) in [5.74, 6) is 1.80. The average Bonchev–Trinajstić information content (AvgIpc) is 2.61. The first kappa shape index (κ1) is 19.5. The molecule has 0 bridgehead atoms. The number of hydrogen-bond acceptors (Lipinski definition) is 3. The molecule has 0 atom stereocenters. The van der Waals surface area contributed by atoms with E-state index in [1.807, 2.05) is 49.4 Å². The van der Waals surface area contributed by atoms with Crippen molar-refractivity contribution in [2.45, 2.75) is 39.5 Å². The van der Waals surface area contributed by atoms with E-state index in [-0.39, 0.29) is 0 Å². The number of rotatable bonds is 11. The third-order valence-corrected chi connectivity index (χ3v) is 4.18. The fourth-order valence-electron chi connectivity index (χ4n) is 2.52. The van der Waals surface area contributed by atoms with Crippen LogP contribution in [0.5, 0.6) is 11.5 Å². The maximum absolute atomic E-state index is 5.95. The van der Waals surface area contributed by atoms with Crippen LogP contribution in [-0.4, -0.2) is 19.8 Å². The molecule has 0 spiro atoms. The molecule has 2 aromatic rings. The van der Waals surface area contributed by atoms with E-state index in [9.17, 15) is 0 Å². The van der Waals surface area contributed by atoms with Crippen molar-refractivity contribution < 1.29 is 9.47 Å². The highest BCUT2D eigenvalue weighted by atomic mass is 35.5. The topological polar surface area (TPSA) is 30.5 Å². The highest BCUT2D eigenvalue weighted by Gasteiger charge is 2.00. The first-order valence-corrected chi connectivity index (χ1v) is 9.42. The fourth-order valence-corrected chi connectivity index (χ4v) is 2.75. The van der Waals surface area contributed by atoms with Gasteiger partial charge in [0.15, 0.2) is 0 Å². The predicted molar refractivity (Wildman–Crippen MR) is 106 cm³/mol. The van der Waals surface area contributed by atoms with Crippen molar-refractivity contribution in [2.24, 2.45) is 0 Å². The summed E-state index contributed by atoms with van der Waals surface area (Å²) in [4.78, 5) is 0. The van der Waals surface area contributed by atoms with Crippen LogP contribution in [0.15, 0.2) is 42.5 Å². The van der Waals surface area contributed by atoms with Crippen LogP contribution in [0.2, 0.25) is 5.02 Å². The van der Waals surface area contributed by atoms with Crippen LogP contribution in [0, 0.1) is 6.92 Å². The summed E-state index contributed by atoms with van der Waals surface area (Å²) in [6.45, 7) is 6.34. The molecule has 1 N–H and O–H groups in total. The summed E-state index contributed by atoms with van der Waals surface area (Å²) in [5, 5.41) is 4.08. The van der Waals surface area contributed by atoms with E-state index in [1.165, 1.54) is 19.3 Å². The van der Waals surface area contributed by atoms with Crippen LogP contribution >= 0.6 is 11.6 Å². The Balaban J connectivity index is 1.65. The van der Waals surface area contributed by atoms with Crippen molar-refractivity contribution >= 4 is 17.3 Å². The van der Waals surface area contributed by atoms with E-state index >= 15 is 0 Å². The monoisotopic (exact) mass is 361 g/mol. The van der Waals surface area contributed by atoms with Crippen LogP contribution in [0.25, 0.3) is 0 Å². The molecule has 0 fully saturated rings. The summed E-state index contributed by atoms with van der Waals surface area (Å²) in [5.41, 5.74) is 2.11. The molecule has 2 aromatic carbocycles. The molecule has 0 heterocycles. The van der Waals surface area contributed by atoms with Gasteiger partial charge in [-0.25, -0.2) is 0 Å². The average molecular weight is 362 g/mol. The zero-order valence-electron chi connectivity index (χ0n) is 15.2. The molecule has 4 heteroatoms. The number of hydrogen-bond donors (Lipinski definition) is 1. The summed E-state index contributed by atoms with van der Waals surface area (Å²) in [6.07, 6.45) is 4.89. The highest BCUT2D eigenvalue weighted by molar-refractivity contribution is 6.30. The number of aryl methyl sites for hydroxylation is 1. The van der Waals surface area contributed by atoms with Gasteiger partial charge in [0.05, 0.1) is 6.61 Å². The smallest absolute Gasteiger partial charge is 0.122 e. The number of benzene rings is 2. The zero-order chi connectivity index (χ0) is 17.9. The number of nitrogens with one attached hydrogen (secondary N) is 1. The maximum Gasteiger partial charge on any atom is 0.122 e. The Labute approximate surface area is 156 Å². The van der Waals surface area contributed by atoms with Crippen molar-refractivity contribution in [3.05, 3.63) is 53.1 Å². The van der Waals surface area contributed by atoms with Crippen molar-refractivity contribution in [2.75, 3.05) is 25.1 Å². The van der Waals surface area contributed by atoms with Gasteiger partial charge in [-0.1, -0.05) is 37.8 Å². The van der Waals surface area contributed by atoms with Gasteiger partial charge in [-0.3, -0.25) is 0 Å². The Morgan fingerprint density at radius 2 is 1.72 bits per heavy atom. The molecular formula is C21H28ClNO2. The molecule has 0 radical (unpaired) electrons. The second-order valence-electron chi connectivity index (χ2n) is 6.12. The fraction of sp³-hybridized carbons (Fsp3) is 0.429. The number of unbranched alkanes of at least 4 members (excludes halogenated alkanes) is 3. The van der Waals surface area contributed by atoms with Gasteiger partial charge in [0, 0.05) is 17.3 Å². The molecule has 0 amide bonds. The predicted octanol–water partition coefficient (Wildman–Crippen LogP) is 6.10. The number of anilines is 1. The lowest BCUT2D eigenvalue weighted by atomic mass is 10.2. The molecular weight excluding hydrogens is 334 g/mol. The summed E-state index contributed by atoms with van der Waals surface area (Å²) in [7, 11) is 0. The van der Waals surface area contributed by atoms with Crippen molar-refractivity contribution in [3.8, 4) is 11.5 Å². The van der Waals surface area contributed by atoms with Crippen LogP contribution in [-0.2, 0) is 0 Å². The minimum Gasteiger partial charge on any atom is -0.494 e. The maximum atomic E-state index is 5.95. The van der Waals surface area contributed by atoms with Crippen LogP contribution < -0.4 is 14.8 Å². The van der Waals surface area contributed by atoms with E-state index < -0.39 is 0 Å². The minimum atomic E-state index is 0.595. The van der Waals surface area contributed by atoms with Gasteiger partial charge in [-0.15, -0.1) is 0 Å². The molecule has 0 aliphatic rings. The first-order valence-electron chi connectivity index (χ1n) is 9.04. The molecule has 25 heavy (non-hydrogen) atoms. The third-order valence-electron chi connectivity index (χ3n) is 3.95. The van der Waals surface area contributed by atoms with E-state index in [2.05, 4.69) is 12.2 Å². The molecule has 136 valence electrons. The number of halogens is 1. The SMILES string of the molecule is CCCCCCOc1ccc(NCCOc2ccc(Cl)cc2C)cc1. The largest absolute Gasteiger partial charge is 0.494 e. The lowest BCUT2D eigenvalue weighted by Crippen LogP contribution is -2.11. The van der Waals surface area contributed by atoms with Crippen molar-refractivity contribution in [3.63, 3.8) is 0 Å². The summed E-state index contributed by atoms with van der Waals surface area (Å²) >= 11 is 5.95. The van der Waals surface area contributed by atoms with Gasteiger partial charge in [-0.2, -0.15) is 0 Å². The van der Waals surface area contributed by atoms with Crippen molar-refractivity contribution in [1.82, 2.24) is 0 Å². The van der Waals surface area contributed by atoms with Crippen LogP contribution in [0.4, 0.5) is 5.69 Å². The Bertz CT molecular complexity index is 628. The molecule has 3 nitrogen and oxygen atoms in total. The Morgan fingerprint density at radius 3 is 2.44 bits per heavy atom. The molecule has 0 aliphatic heterocycles. The molecule has 2 rings (SSSR count). The lowest BCUT2D eigenvalue weighted by molar-refractivity contribution is 0.305. The van der Waals surface area contributed by atoms with Gasteiger partial charge in [-0.05, 0) is 61.4 Å². The Kier molecular flexibility index (Phi) is 8.47. The molecule has 0 saturated carbocycles. The van der Waals surface area contributed by atoms with Crippen molar-refractivity contribution in [1.29, 1.82) is 0 Å². The van der Waals surface area contributed by atoms with Gasteiger partial charge in [0.1, 0.15) is 18.1 Å². The lowest BCUT2D eigenvalue weighted by Gasteiger charge is -2.11. The highest BCUT2D eigenvalue weighted by Crippen LogP contribution is 2.21. The minimum absolute atomic E-state index is 0.595. The zero-order valence-corrected chi connectivity index (χ0v) is 15.9.